The Morgan fingerprint density at radius 3 is 2.71 bits per heavy atom. The Bertz CT molecular complexity index is 1030. The van der Waals surface area contributed by atoms with E-state index in [0.29, 0.717) is 31.0 Å². The number of piperidine rings is 1. The number of nitrogens with zero attached hydrogens (tertiary/aromatic N) is 4. The molecule has 0 N–H and O–H groups in total. The van der Waals surface area contributed by atoms with E-state index in [4.69, 9.17) is 0 Å². The van der Waals surface area contributed by atoms with Gasteiger partial charge in [-0.15, -0.1) is 0 Å². The van der Waals surface area contributed by atoms with E-state index in [2.05, 4.69) is 14.9 Å². The van der Waals surface area contributed by atoms with Crippen LogP contribution in [0.3, 0.4) is 0 Å². The van der Waals surface area contributed by atoms with E-state index in [-0.39, 0.29) is 28.7 Å². The van der Waals surface area contributed by atoms with Crippen LogP contribution >= 0.6 is 0 Å². The number of carbonyl (C=O) groups excluding carboxylic acids is 2. The van der Waals surface area contributed by atoms with E-state index < -0.39 is 11.6 Å². The molecule has 2 aromatic rings. The molecular formula is C22H24F2N4O3. The number of likely N-dealkylation sites (tertiary alicyclic amines) is 1. The summed E-state index contributed by atoms with van der Waals surface area (Å²) < 4.78 is 31.7. The fourth-order valence-electron chi connectivity index (χ4n) is 4.30. The molecule has 1 saturated heterocycles. The molecule has 0 bridgehead atoms. The van der Waals surface area contributed by atoms with Crippen molar-refractivity contribution in [1.82, 2.24) is 20.1 Å². The number of amides is 2. The quantitative estimate of drug-likeness (QED) is 0.682. The molecule has 31 heavy (non-hydrogen) atoms. The number of halogens is 2. The van der Waals surface area contributed by atoms with Crippen molar-refractivity contribution >= 4 is 17.9 Å². The molecule has 1 aromatic heterocycles. The van der Waals surface area contributed by atoms with Gasteiger partial charge in [0.25, 0.3) is 0 Å². The highest BCUT2D eigenvalue weighted by Crippen LogP contribution is 2.60. The lowest BCUT2D eigenvalue weighted by Crippen LogP contribution is -2.40. The zero-order valence-electron chi connectivity index (χ0n) is 17.5. The van der Waals surface area contributed by atoms with Gasteiger partial charge in [0.15, 0.2) is 11.6 Å². The lowest BCUT2D eigenvalue weighted by atomic mass is 9.90. The van der Waals surface area contributed by atoms with Gasteiger partial charge in [-0.1, -0.05) is 22.4 Å². The smallest absolute Gasteiger partial charge is 0.246 e. The number of benzene rings is 1. The molecule has 9 heteroatoms. The molecule has 4 rings (SSSR count). The first-order valence-corrected chi connectivity index (χ1v) is 10.2. The minimum absolute atomic E-state index is 0.0373. The summed E-state index contributed by atoms with van der Waals surface area (Å²) in [5.41, 5.74) is 1.29. The zero-order valence-corrected chi connectivity index (χ0v) is 17.5. The molecule has 2 aliphatic rings. The van der Waals surface area contributed by atoms with Gasteiger partial charge in [-0.2, -0.15) is 0 Å². The second-order valence-corrected chi connectivity index (χ2v) is 8.41. The SMILES string of the molecule is Cc1nonc1CN(C)C(=O)[C@H]1CC12CCN(C(=O)/C=C/c1cccc(F)c1F)CC2. The molecule has 2 amide bonds. The first-order chi connectivity index (χ1) is 14.8. The number of hydrogen-bond acceptors (Lipinski definition) is 5. The van der Waals surface area contributed by atoms with E-state index in [1.165, 1.54) is 24.3 Å². The van der Waals surface area contributed by atoms with Crippen LogP contribution in [0.1, 0.15) is 36.2 Å². The molecule has 2 fully saturated rings. The number of aromatic nitrogens is 2. The summed E-state index contributed by atoms with van der Waals surface area (Å²) in [5.74, 6) is -2.13. The van der Waals surface area contributed by atoms with Crippen LogP contribution < -0.4 is 0 Å². The minimum atomic E-state index is -0.968. The van der Waals surface area contributed by atoms with Crippen molar-refractivity contribution in [2.75, 3.05) is 20.1 Å². The number of hydrogen-bond donors (Lipinski definition) is 0. The number of carbonyl (C=O) groups is 2. The van der Waals surface area contributed by atoms with Crippen LogP contribution in [-0.4, -0.2) is 52.1 Å². The highest BCUT2D eigenvalue weighted by Gasteiger charge is 2.59. The monoisotopic (exact) mass is 430 g/mol. The van der Waals surface area contributed by atoms with Crippen LogP contribution in [0.25, 0.3) is 6.08 Å². The van der Waals surface area contributed by atoms with Crippen LogP contribution in [0.5, 0.6) is 0 Å². The molecule has 0 unspecified atom stereocenters. The van der Waals surface area contributed by atoms with Crippen LogP contribution in [0.15, 0.2) is 28.9 Å². The van der Waals surface area contributed by atoms with Gasteiger partial charge in [-0.25, -0.2) is 13.4 Å². The number of rotatable bonds is 5. The van der Waals surface area contributed by atoms with Crippen molar-refractivity contribution in [2.45, 2.75) is 32.7 Å². The zero-order chi connectivity index (χ0) is 22.2. The summed E-state index contributed by atoms with van der Waals surface area (Å²) in [5, 5.41) is 7.56. The first kappa shape index (κ1) is 21.1. The Morgan fingerprint density at radius 1 is 1.29 bits per heavy atom. The topological polar surface area (TPSA) is 79.5 Å². The van der Waals surface area contributed by atoms with Crippen LogP contribution in [0.4, 0.5) is 8.78 Å². The standard InChI is InChI=1S/C22H24F2N4O3/c1-14-18(26-31-25-14)13-27(2)21(30)16-12-22(16)8-10-28(11-9-22)19(29)7-6-15-4-3-5-17(23)20(15)24/h3-7,16H,8-13H2,1-2H3/b7-6+/t16-/m1/s1. The second-order valence-electron chi connectivity index (χ2n) is 8.41. The fourth-order valence-corrected chi connectivity index (χ4v) is 4.30. The second kappa shape index (κ2) is 8.20. The maximum absolute atomic E-state index is 13.7. The minimum Gasteiger partial charge on any atom is -0.339 e. The molecule has 1 aliphatic carbocycles. The van der Waals surface area contributed by atoms with Gasteiger partial charge in [0.05, 0.1) is 6.54 Å². The van der Waals surface area contributed by atoms with Gasteiger partial charge in [0.2, 0.25) is 11.8 Å². The van der Waals surface area contributed by atoms with E-state index in [9.17, 15) is 18.4 Å². The van der Waals surface area contributed by atoms with E-state index in [1.807, 2.05) is 0 Å². The molecule has 1 spiro atoms. The molecule has 1 aliphatic heterocycles. The molecule has 2 heterocycles. The Morgan fingerprint density at radius 2 is 2.03 bits per heavy atom. The van der Waals surface area contributed by atoms with E-state index in [0.717, 1.165) is 25.3 Å². The summed E-state index contributed by atoms with van der Waals surface area (Å²) in [6.45, 7) is 3.21. The van der Waals surface area contributed by atoms with Gasteiger partial charge in [0, 0.05) is 37.7 Å². The van der Waals surface area contributed by atoms with Crippen LogP contribution in [-0.2, 0) is 16.1 Å². The molecule has 1 atom stereocenters. The highest BCUT2D eigenvalue weighted by atomic mass is 19.2. The van der Waals surface area contributed by atoms with Gasteiger partial charge < -0.3 is 9.80 Å². The van der Waals surface area contributed by atoms with Crippen molar-refractivity contribution in [2.24, 2.45) is 11.3 Å². The molecular weight excluding hydrogens is 406 g/mol. The highest BCUT2D eigenvalue weighted by molar-refractivity contribution is 5.92. The lowest BCUT2D eigenvalue weighted by molar-refractivity contribution is -0.133. The van der Waals surface area contributed by atoms with Crippen molar-refractivity contribution in [3.63, 3.8) is 0 Å². The van der Waals surface area contributed by atoms with E-state index >= 15 is 0 Å². The average Bonchev–Trinajstić information content (AvgIpc) is 3.30. The predicted molar refractivity (Wildman–Crippen MR) is 107 cm³/mol. The Balaban J connectivity index is 1.30. The van der Waals surface area contributed by atoms with Gasteiger partial charge in [-0.05, 0) is 43.7 Å². The first-order valence-electron chi connectivity index (χ1n) is 10.2. The van der Waals surface area contributed by atoms with Crippen LogP contribution in [0, 0.1) is 29.9 Å². The van der Waals surface area contributed by atoms with Crippen molar-refractivity contribution in [1.29, 1.82) is 0 Å². The van der Waals surface area contributed by atoms with Gasteiger partial charge in [-0.3, -0.25) is 9.59 Å². The third-order valence-electron chi connectivity index (χ3n) is 6.46. The third kappa shape index (κ3) is 4.22. The molecule has 1 aromatic carbocycles. The molecule has 1 saturated carbocycles. The van der Waals surface area contributed by atoms with Crippen molar-refractivity contribution in [3.8, 4) is 0 Å². The average molecular weight is 430 g/mol. The van der Waals surface area contributed by atoms with Gasteiger partial charge >= 0.3 is 0 Å². The Hall–Kier alpha value is -3.10. The van der Waals surface area contributed by atoms with Crippen molar-refractivity contribution < 1.29 is 23.0 Å². The molecule has 7 nitrogen and oxygen atoms in total. The van der Waals surface area contributed by atoms with E-state index in [1.54, 1.807) is 23.8 Å². The van der Waals surface area contributed by atoms with Gasteiger partial charge in [0.1, 0.15) is 11.4 Å². The Labute approximate surface area is 178 Å². The predicted octanol–water partition coefficient (Wildman–Crippen LogP) is 2.96. The molecule has 0 radical (unpaired) electrons. The summed E-state index contributed by atoms with van der Waals surface area (Å²) in [4.78, 5) is 28.6. The van der Waals surface area contributed by atoms with Crippen molar-refractivity contribution in [3.05, 3.63) is 52.9 Å². The summed E-state index contributed by atoms with van der Waals surface area (Å²) in [6, 6.07) is 3.85. The normalized spacial score (nSPS) is 19.7. The third-order valence-corrected chi connectivity index (χ3v) is 6.46. The maximum atomic E-state index is 13.7. The Kier molecular flexibility index (Phi) is 5.60. The molecule has 164 valence electrons. The number of aryl methyl sites for hydroxylation is 1. The maximum Gasteiger partial charge on any atom is 0.246 e. The summed E-state index contributed by atoms with van der Waals surface area (Å²) in [7, 11) is 1.75. The fraction of sp³-hybridized carbons (Fsp3) is 0.455. The van der Waals surface area contributed by atoms with Crippen LogP contribution in [0.2, 0.25) is 0 Å². The lowest BCUT2D eigenvalue weighted by Gasteiger charge is -2.32. The summed E-state index contributed by atoms with van der Waals surface area (Å²) >= 11 is 0. The summed E-state index contributed by atoms with van der Waals surface area (Å²) in [6.07, 6.45) is 4.88. The largest absolute Gasteiger partial charge is 0.339 e.